The van der Waals surface area contributed by atoms with Crippen LogP contribution in [0.25, 0.3) is 6.08 Å². The quantitative estimate of drug-likeness (QED) is 0.764. The van der Waals surface area contributed by atoms with E-state index in [9.17, 15) is 4.79 Å². The molecular weight excluding hydrogens is 344 g/mol. The zero-order valence-corrected chi connectivity index (χ0v) is 15.6. The smallest absolute Gasteiger partial charge is 0.275 e. The van der Waals surface area contributed by atoms with Crippen molar-refractivity contribution in [3.8, 4) is 17.2 Å². The third-order valence-electron chi connectivity index (χ3n) is 4.04. The van der Waals surface area contributed by atoms with Gasteiger partial charge in [0.2, 0.25) is 0 Å². The molecule has 1 aliphatic heterocycles. The third kappa shape index (κ3) is 4.47. The van der Waals surface area contributed by atoms with E-state index in [1.165, 1.54) is 0 Å². The minimum atomic E-state index is -0.215. The Labute approximate surface area is 158 Å². The largest absolute Gasteiger partial charge is 0.494 e. The van der Waals surface area contributed by atoms with Gasteiger partial charge in [-0.15, -0.1) is 0 Å². The van der Waals surface area contributed by atoms with Gasteiger partial charge in [0.25, 0.3) is 5.91 Å². The highest BCUT2D eigenvalue weighted by Crippen LogP contribution is 2.28. The van der Waals surface area contributed by atoms with E-state index in [1.54, 1.807) is 20.3 Å². The fraction of sp³-hybridized carbons (Fsp3) is 0.238. The fourth-order valence-corrected chi connectivity index (χ4v) is 2.80. The Morgan fingerprint density at radius 1 is 1.07 bits per heavy atom. The molecule has 0 spiro atoms. The molecule has 0 aliphatic carbocycles. The van der Waals surface area contributed by atoms with E-state index in [2.05, 4.69) is 10.3 Å². The van der Waals surface area contributed by atoms with Crippen LogP contribution in [0.15, 0.2) is 53.2 Å². The predicted octanol–water partition coefficient (Wildman–Crippen LogP) is 3.21. The van der Waals surface area contributed by atoms with Gasteiger partial charge in [-0.2, -0.15) is 0 Å². The number of hydrogen-bond donors (Lipinski definition) is 1. The summed E-state index contributed by atoms with van der Waals surface area (Å²) in [5, 5.41) is 2.82. The van der Waals surface area contributed by atoms with Crippen molar-refractivity contribution in [3.63, 3.8) is 0 Å². The van der Waals surface area contributed by atoms with Gasteiger partial charge in [-0.3, -0.25) is 4.79 Å². The molecule has 0 saturated carbocycles. The van der Waals surface area contributed by atoms with Gasteiger partial charge >= 0.3 is 0 Å². The first kappa shape index (κ1) is 18.5. The van der Waals surface area contributed by atoms with Crippen LogP contribution in [0.2, 0.25) is 0 Å². The van der Waals surface area contributed by atoms with Crippen LogP contribution < -0.4 is 19.5 Å². The molecule has 1 heterocycles. The molecule has 0 radical (unpaired) electrons. The maximum Gasteiger partial charge on any atom is 0.275 e. The van der Waals surface area contributed by atoms with Crippen molar-refractivity contribution in [1.29, 1.82) is 0 Å². The Hall–Kier alpha value is -3.28. The number of rotatable bonds is 7. The molecule has 1 amide bonds. The van der Waals surface area contributed by atoms with Gasteiger partial charge in [0.1, 0.15) is 17.3 Å². The van der Waals surface area contributed by atoms with Crippen molar-refractivity contribution >= 4 is 17.8 Å². The summed E-state index contributed by atoms with van der Waals surface area (Å²) in [5.41, 5.74) is 2.20. The number of carbonyl (C=O) groups excluding carboxylic acids is 1. The van der Waals surface area contributed by atoms with Crippen LogP contribution in [0.3, 0.4) is 0 Å². The highest BCUT2D eigenvalue weighted by atomic mass is 16.5. The first-order valence-electron chi connectivity index (χ1n) is 8.67. The van der Waals surface area contributed by atoms with E-state index < -0.39 is 0 Å². The van der Waals surface area contributed by atoms with Crippen LogP contribution in [0.1, 0.15) is 18.1 Å². The second-order valence-electron chi connectivity index (χ2n) is 5.91. The van der Waals surface area contributed by atoms with Crippen molar-refractivity contribution in [2.24, 2.45) is 4.99 Å². The lowest BCUT2D eigenvalue weighted by molar-refractivity contribution is -0.115. The highest BCUT2D eigenvalue weighted by molar-refractivity contribution is 6.14. The lowest BCUT2D eigenvalue weighted by Crippen LogP contribution is -2.25. The normalized spacial score (nSPS) is 14.7. The molecule has 0 aromatic heterocycles. The molecule has 6 nitrogen and oxygen atoms in total. The average molecular weight is 366 g/mol. The summed E-state index contributed by atoms with van der Waals surface area (Å²) in [6, 6.07) is 13.2. The van der Waals surface area contributed by atoms with Crippen LogP contribution in [0.5, 0.6) is 17.2 Å². The summed E-state index contributed by atoms with van der Waals surface area (Å²) in [5.74, 6) is 2.45. The molecule has 2 aromatic rings. The molecule has 3 rings (SSSR count). The number of hydrogen-bond acceptors (Lipinski definition) is 5. The predicted molar refractivity (Wildman–Crippen MR) is 104 cm³/mol. The maximum atomic E-state index is 12.2. The van der Waals surface area contributed by atoms with Gasteiger partial charge < -0.3 is 19.5 Å². The zero-order chi connectivity index (χ0) is 19.2. The van der Waals surface area contributed by atoms with Crippen LogP contribution in [0, 0.1) is 0 Å². The third-order valence-corrected chi connectivity index (χ3v) is 4.04. The van der Waals surface area contributed by atoms with Crippen molar-refractivity contribution in [1.82, 2.24) is 5.32 Å². The second kappa shape index (κ2) is 8.40. The van der Waals surface area contributed by atoms with E-state index in [1.807, 2.05) is 49.4 Å². The van der Waals surface area contributed by atoms with Crippen LogP contribution in [-0.4, -0.2) is 32.6 Å². The molecule has 0 fully saturated rings. The highest BCUT2D eigenvalue weighted by Gasteiger charge is 2.20. The summed E-state index contributed by atoms with van der Waals surface area (Å²) >= 11 is 0. The molecule has 1 aliphatic rings. The molecule has 0 unspecified atom stereocenters. The molecule has 1 N–H and O–H groups in total. The molecule has 140 valence electrons. The van der Waals surface area contributed by atoms with Crippen molar-refractivity contribution in [3.05, 3.63) is 59.3 Å². The van der Waals surface area contributed by atoms with Crippen LogP contribution >= 0.6 is 0 Å². The van der Waals surface area contributed by atoms with E-state index in [-0.39, 0.29) is 5.91 Å². The first-order valence-corrected chi connectivity index (χ1v) is 8.67. The number of nitrogens with zero attached hydrogens (tertiary/aromatic N) is 1. The van der Waals surface area contributed by atoms with Gasteiger partial charge in [0.15, 0.2) is 11.5 Å². The number of methoxy groups -OCH3 is 2. The zero-order valence-electron chi connectivity index (χ0n) is 15.6. The fourth-order valence-electron chi connectivity index (χ4n) is 2.80. The summed E-state index contributed by atoms with van der Waals surface area (Å²) in [6.07, 6.45) is 2.24. The lowest BCUT2D eigenvalue weighted by atomic mass is 10.1. The summed E-state index contributed by atoms with van der Waals surface area (Å²) in [4.78, 5) is 16.7. The number of benzene rings is 2. The Morgan fingerprint density at radius 2 is 1.89 bits per heavy atom. The Kier molecular flexibility index (Phi) is 5.76. The van der Waals surface area contributed by atoms with Gasteiger partial charge in [0.05, 0.1) is 20.8 Å². The molecule has 0 bridgehead atoms. The minimum Gasteiger partial charge on any atom is -0.494 e. The number of amides is 1. The van der Waals surface area contributed by atoms with Crippen molar-refractivity contribution in [2.45, 2.75) is 13.3 Å². The standard InChI is InChI=1S/C21H22N2O4/c1-4-27-16-7-5-6-14(10-16)11-17-21(24)23-20(22-17)13-15-8-9-18(25-2)19(12-15)26-3/h5-12H,4,13H2,1-3H3,(H,22,23,24)/b17-11+. The van der Waals surface area contributed by atoms with Gasteiger partial charge in [-0.05, 0) is 48.4 Å². The minimum absolute atomic E-state index is 0.215. The maximum absolute atomic E-state index is 12.2. The van der Waals surface area contributed by atoms with Gasteiger partial charge in [-0.25, -0.2) is 4.99 Å². The summed E-state index contributed by atoms with van der Waals surface area (Å²) in [6.45, 7) is 2.52. The van der Waals surface area contributed by atoms with E-state index in [4.69, 9.17) is 14.2 Å². The Morgan fingerprint density at radius 3 is 2.63 bits per heavy atom. The molecule has 0 saturated heterocycles. The number of nitrogens with one attached hydrogen (secondary N) is 1. The number of aliphatic imine (C=N–C) groups is 1. The number of ether oxygens (including phenoxy) is 3. The topological polar surface area (TPSA) is 69.2 Å². The number of amidine groups is 1. The lowest BCUT2D eigenvalue weighted by Gasteiger charge is -2.09. The molecule has 0 atom stereocenters. The first-order chi connectivity index (χ1) is 13.1. The average Bonchev–Trinajstić information content (AvgIpc) is 3.01. The van der Waals surface area contributed by atoms with Crippen LogP contribution in [0.4, 0.5) is 0 Å². The SMILES string of the molecule is CCOc1cccc(/C=C2/N=C(Cc3ccc(OC)c(OC)c3)NC2=O)c1. The van der Waals surface area contributed by atoms with E-state index >= 15 is 0 Å². The summed E-state index contributed by atoms with van der Waals surface area (Å²) < 4.78 is 16.1. The Balaban J connectivity index is 1.79. The number of carbonyl (C=O) groups is 1. The monoisotopic (exact) mass is 366 g/mol. The van der Waals surface area contributed by atoms with Crippen LogP contribution in [-0.2, 0) is 11.2 Å². The van der Waals surface area contributed by atoms with E-state index in [0.717, 1.165) is 16.9 Å². The van der Waals surface area contributed by atoms with E-state index in [0.29, 0.717) is 36.1 Å². The summed E-state index contributed by atoms with van der Waals surface area (Å²) in [7, 11) is 3.18. The van der Waals surface area contributed by atoms with Crippen molar-refractivity contribution < 1.29 is 19.0 Å². The van der Waals surface area contributed by atoms with Crippen molar-refractivity contribution in [2.75, 3.05) is 20.8 Å². The molecule has 6 heteroatoms. The Bertz CT molecular complexity index is 903. The molecule has 27 heavy (non-hydrogen) atoms. The van der Waals surface area contributed by atoms with Gasteiger partial charge in [0, 0.05) is 6.42 Å². The van der Waals surface area contributed by atoms with Gasteiger partial charge in [-0.1, -0.05) is 18.2 Å². The molecular formula is C21H22N2O4. The second-order valence-corrected chi connectivity index (χ2v) is 5.91. The molecule has 2 aromatic carbocycles.